The molecule has 0 aliphatic heterocycles. The van der Waals surface area contributed by atoms with E-state index in [9.17, 15) is 9.18 Å². The van der Waals surface area contributed by atoms with Crippen molar-refractivity contribution in [2.45, 2.75) is 6.92 Å². The zero-order valence-corrected chi connectivity index (χ0v) is 11.7. The smallest absolute Gasteiger partial charge is 0.316 e. The van der Waals surface area contributed by atoms with Crippen LogP contribution >= 0.6 is 0 Å². The van der Waals surface area contributed by atoms with Crippen molar-refractivity contribution in [3.63, 3.8) is 0 Å². The number of halogens is 1. The molecule has 0 fully saturated rings. The van der Waals surface area contributed by atoms with Gasteiger partial charge in [-0.3, -0.25) is 4.79 Å². The number of hydrogen-bond donors (Lipinski definition) is 1. The first kappa shape index (κ1) is 13.9. The highest BCUT2D eigenvalue weighted by atomic mass is 19.1. The van der Waals surface area contributed by atoms with Crippen LogP contribution in [0.3, 0.4) is 0 Å². The third-order valence-electron chi connectivity index (χ3n) is 3.08. The highest BCUT2D eigenvalue weighted by molar-refractivity contribution is 6.01. The van der Waals surface area contributed by atoms with Gasteiger partial charge < -0.3 is 9.84 Å². The number of rotatable bonds is 3. The van der Waals surface area contributed by atoms with E-state index >= 15 is 0 Å². The molecule has 3 aromatic rings. The number of aryl methyl sites for hydroxylation is 1. The number of nitrogens with one attached hydrogen (secondary N) is 1. The molecular formula is C16H12FN3O2. The molecule has 0 unspecified atom stereocenters. The van der Waals surface area contributed by atoms with E-state index in [-0.39, 0.29) is 17.5 Å². The largest absolute Gasteiger partial charge is 0.328 e. The van der Waals surface area contributed by atoms with Gasteiger partial charge in [-0.2, -0.15) is 4.98 Å². The van der Waals surface area contributed by atoms with Crippen LogP contribution in [0.2, 0.25) is 0 Å². The Kier molecular flexibility index (Phi) is 3.65. The highest BCUT2D eigenvalue weighted by Gasteiger charge is 2.16. The number of para-hydroxylation sites is 1. The Morgan fingerprint density at radius 3 is 2.68 bits per heavy atom. The molecule has 1 amide bonds. The van der Waals surface area contributed by atoms with Gasteiger partial charge in [-0.25, -0.2) is 4.39 Å². The summed E-state index contributed by atoms with van der Waals surface area (Å²) in [6.07, 6.45) is 0. The van der Waals surface area contributed by atoms with Crippen molar-refractivity contribution >= 4 is 11.6 Å². The maximum absolute atomic E-state index is 13.6. The van der Waals surface area contributed by atoms with Crippen LogP contribution < -0.4 is 5.32 Å². The summed E-state index contributed by atoms with van der Waals surface area (Å²) in [5.74, 6) is -0.896. The Bertz CT molecular complexity index is 815. The summed E-state index contributed by atoms with van der Waals surface area (Å²) >= 11 is 0. The molecule has 0 radical (unpaired) electrons. The molecule has 3 rings (SSSR count). The minimum Gasteiger partial charge on any atom is -0.328 e. The van der Waals surface area contributed by atoms with Gasteiger partial charge in [0.1, 0.15) is 5.82 Å². The van der Waals surface area contributed by atoms with Crippen molar-refractivity contribution in [1.29, 1.82) is 0 Å². The topological polar surface area (TPSA) is 68.0 Å². The van der Waals surface area contributed by atoms with Crippen LogP contribution in [0.4, 0.5) is 10.1 Å². The quantitative estimate of drug-likeness (QED) is 0.804. The van der Waals surface area contributed by atoms with E-state index in [4.69, 9.17) is 4.52 Å². The fraction of sp³-hybridized carbons (Fsp3) is 0.0625. The lowest BCUT2D eigenvalue weighted by atomic mass is 10.1. The number of carbonyl (C=O) groups is 1. The van der Waals surface area contributed by atoms with Crippen molar-refractivity contribution in [2.24, 2.45) is 0 Å². The zero-order valence-electron chi connectivity index (χ0n) is 11.7. The second-order valence-electron chi connectivity index (χ2n) is 4.71. The Morgan fingerprint density at radius 2 is 1.95 bits per heavy atom. The van der Waals surface area contributed by atoms with Gasteiger partial charge in [0.25, 0.3) is 0 Å². The third kappa shape index (κ3) is 2.85. The lowest BCUT2D eigenvalue weighted by Gasteiger charge is -2.00. The molecule has 1 aromatic heterocycles. The van der Waals surface area contributed by atoms with E-state index in [1.165, 1.54) is 6.07 Å². The zero-order chi connectivity index (χ0) is 15.5. The van der Waals surface area contributed by atoms with Gasteiger partial charge in [0.2, 0.25) is 5.82 Å². The van der Waals surface area contributed by atoms with E-state index in [2.05, 4.69) is 15.5 Å². The van der Waals surface area contributed by atoms with Crippen molar-refractivity contribution < 1.29 is 13.7 Å². The number of anilines is 1. The lowest BCUT2D eigenvalue weighted by Crippen LogP contribution is -2.12. The summed E-state index contributed by atoms with van der Waals surface area (Å²) < 4.78 is 18.5. The minimum absolute atomic E-state index is 0.164. The molecule has 5 nitrogen and oxygen atoms in total. The number of benzene rings is 2. The average Bonchev–Trinajstić information content (AvgIpc) is 3.01. The van der Waals surface area contributed by atoms with Crippen molar-refractivity contribution in [1.82, 2.24) is 10.1 Å². The SMILES string of the molecule is Cc1ccc(-c2noc(C(=O)Nc3ccccc3)n2)cc1F. The first-order valence-electron chi connectivity index (χ1n) is 6.60. The van der Waals surface area contributed by atoms with E-state index in [0.29, 0.717) is 16.8 Å². The van der Waals surface area contributed by atoms with Crippen LogP contribution in [0.25, 0.3) is 11.4 Å². The molecule has 0 atom stereocenters. The van der Waals surface area contributed by atoms with Crippen LogP contribution in [0, 0.1) is 12.7 Å². The molecule has 2 aromatic carbocycles. The summed E-state index contributed by atoms with van der Waals surface area (Å²) in [5, 5.41) is 6.34. The first-order valence-corrected chi connectivity index (χ1v) is 6.60. The molecule has 0 saturated carbocycles. The standard InChI is InChI=1S/C16H12FN3O2/c1-10-7-8-11(9-13(10)17)14-19-16(22-20-14)15(21)18-12-5-3-2-4-6-12/h2-9H,1H3,(H,18,21). The van der Waals surface area contributed by atoms with Gasteiger partial charge >= 0.3 is 11.8 Å². The minimum atomic E-state index is -0.516. The fourth-order valence-electron chi connectivity index (χ4n) is 1.87. The summed E-state index contributed by atoms with van der Waals surface area (Å²) in [6, 6.07) is 13.5. The molecule has 0 aliphatic carbocycles. The van der Waals surface area contributed by atoms with E-state index in [1.54, 1.807) is 43.3 Å². The van der Waals surface area contributed by atoms with Gasteiger partial charge in [0.15, 0.2) is 0 Å². The molecule has 22 heavy (non-hydrogen) atoms. The van der Waals surface area contributed by atoms with Gasteiger partial charge in [-0.15, -0.1) is 0 Å². The van der Waals surface area contributed by atoms with Crippen LogP contribution in [-0.4, -0.2) is 16.0 Å². The Labute approximate surface area is 125 Å². The summed E-state index contributed by atoms with van der Waals surface area (Å²) in [5.41, 5.74) is 1.59. The van der Waals surface area contributed by atoms with Crippen LogP contribution in [0.1, 0.15) is 16.2 Å². The average molecular weight is 297 g/mol. The third-order valence-corrected chi connectivity index (χ3v) is 3.08. The van der Waals surface area contributed by atoms with Crippen molar-refractivity contribution in [2.75, 3.05) is 5.32 Å². The lowest BCUT2D eigenvalue weighted by molar-refractivity contribution is 0.0981. The Hall–Kier alpha value is -3.02. The number of hydrogen-bond acceptors (Lipinski definition) is 4. The molecule has 1 N–H and O–H groups in total. The summed E-state index contributed by atoms with van der Waals surface area (Å²) in [6.45, 7) is 1.66. The molecule has 0 spiro atoms. The predicted molar refractivity (Wildman–Crippen MR) is 78.8 cm³/mol. The summed E-state index contributed by atoms with van der Waals surface area (Å²) in [7, 11) is 0. The predicted octanol–water partition coefficient (Wildman–Crippen LogP) is 3.44. The number of amides is 1. The van der Waals surface area contributed by atoms with Crippen LogP contribution in [-0.2, 0) is 0 Å². The second kappa shape index (κ2) is 5.77. The molecule has 110 valence electrons. The van der Waals surface area contributed by atoms with E-state index < -0.39 is 5.91 Å². The molecule has 0 bridgehead atoms. The normalized spacial score (nSPS) is 10.5. The fourth-order valence-corrected chi connectivity index (χ4v) is 1.87. The van der Waals surface area contributed by atoms with Crippen LogP contribution in [0.5, 0.6) is 0 Å². The number of carbonyl (C=O) groups excluding carboxylic acids is 1. The van der Waals surface area contributed by atoms with E-state index in [0.717, 1.165) is 0 Å². The summed E-state index contributed by atoms with van der Waals surface area (Å²) in [4.78, 5) is 16.0. The molecule has 1 heterocycles. The number of aromatic nitrogens is 2. The van der Waals surface area contributed by atoms with Gasteiger partial charge in [-0.05, 0) is 30.7 Å². The Morgan fingerprint density at radius 1 is 1.18 bits per heavy atom. The van der Waals surface area contributed by atoms with E-state index in [1.807, 2.05) is 6.07 Å². The second-order valence-corrected chi connectivity index (χ2v) is 4.71. The van der Waals surface area contributed by atoms with Gasteiger partial charge in [0.05, 0.1) is 0 Å². The van der Waals surface area contributed by atoms with Crippen molar-refractivity contribution in [3.8, 4) is 11.4 Å². The first-order chi connectivity index (χ1) is 10.6. The van der Waals surface area contributed by atoms with Crippen LogP contribution in [0.15, 0.2) is 53.1 Å². The molecular weight excluding hydrogens is 285 g/mol. The highest BCUT2D eigenvalue weighted by Crippen LogP contribution is 2.19. The molecule has 0 saturated heterocycles. The van der Waals surface area contributed by atoms with Gasteiger partial charge in [0, 0.05) is 11.3 Å². The van der Waals surface area contributed by atoms with Gasteiger partial charge in [-0.1, -0.05) is 35.5 Å². The molecule has 0 aliphatic rings. The number of nitrogens with zero attached hydrogens (tertiary/aromatic N) is 2. The maximum atomic E-state index is 13.6. The monoisotopic (exact) mass is 297 g/mol. The van der Waals surface area contributed by atoms with Crippen molar-refractivity contribution in [3.05, 3.63) is 65.8 Å². The Balaban J connectivity index is 1.81. The molecule has 6 heteroatoms. The maximum Gasteiger partial charge on any atom is 0.316 e.